The molecule has 6 nitrogen and oxygen atoms in total. The number of halogens is 1. The van der Waals surface area contributed by atoms with E-state index in [0.29, 0.717) is 0 Å². The summed E-state index contributed by atoms with van der Waals surface area (Å²) in [6.07, 6.45) is -1.02. The predicted octanol–water partition coefficient (Wildman–Crippen LogP) is 1.52. The highest BCUT2D eigenvalue weighted by molar-refractivity contribution is 7.89. The van der Waals surface area contributed by atoms with Crippen molar-refractivity contribution in [3.63, 3.8) is 0 Å². The van der Waals surface area contributed by atoms with Crippen LogP contribution < -0.4 is 4.74 Å². The molecule has 1 aliphatic rings. The lowest BCUT2D eigenvalue weighted by atomic mass is 10.2. The van der Waals surface area contributed by atoms with Crippen LogP contribution in [0.2, 0.25) is 0 Å². The lowest BCUT2D eigenvalue weighted by Gasteiger charge is -2.16. The van der Waals surface area contributed by atoms with Crippen LogP contribution in [0.25, 0.3) is 0 Å². The fourth-order valence-corrected chi connectivity index (χ4v) is 3.68. The molecule has 8 heteroatoms. The maximum absolute atomic E-state index is 13.2. The van der Waals surface area contributed by atoms with Crippen LogP contribution in [0.4, 0.5) is 4.39 Å². The second-order valence-corrected chi connectivity index (χ2v) is 6.58. The predicted molar refractivity (Wildman–Crippen MR) is 72.8 cm³/mol. The molecule has 0 bridgehead atoms. The smallest absolute Gasteiger partial charge is 0.339 e. The molecular weight excluding hydrogens is 301 g/mol. The minimum atomic E-state index is -3.88. The zero-order valence-corrected chi connectivity index (χ0v) is 12.3. The minimum absolute atomic E-state index is 0.0963. The van der Waals surface area contributed by atoms with E-state index in [2.05, 4.69) is 0 Å². The molecule has 1 atom stereocenters. The molecule has 0 aromatic heterocycles. The van der Waals surface area contributed by atoms with E-state index >= 15 is 0 Å². The Balaban J connectivity index is 2.40. The van der Waals surface area contributed by atoms with Crippen LogP contribution >= 0.6 is 0 Å². The molecule has 0 amide bonds. The van der Waals surface area contributed by atoms with E-state index in [9.17, 15) is 17.6 Å². The molecule has 116 valence electrons. The lowest BCUT2D eigenvalue weighted by Crippen LogP contribution is -2.29. The van der Waals surface area contributed by atoms with Gasteiger partial charge in [0.15, 0.2) is 0 Å². The summed E-state index contributed by atoms with van der Waals surface area (Å²) in [5, 5.41) is 9.14. The first-order chi connectivity index (χ1) is 9.86. The van der Waals surface area contributed by atoms with Crippen molar-refractivity contribution >= 4 is 16.0 Å². The molecule has 1 fully saturated rings. The number of benzene rings is 1. The largest absolute Gasteiger partial charge is 0.493 e. The number of hydrogen-bond donors (Lipinski definition) is 1. The Hall–Kier alpha value is -1.67. The van der Waals surface area contributed by atoms with Crippen molar-refractivity contribution in [1.29, 1.82) is 0 Å². The first kappa shape index (κ1) is 15.7. The van der Waals surface area contributed by atoms with Crippen LogP contribution in [0.5, 0.6) is 5.75 Å². The highest BCUT2D eigenvalue weighted by Crippen LogP contribution is 2.27. The van der Waals surface area contributed by atoms with E-state index in [0.717, 1.165) is 10.4 Å². The van der Waals surface area contributed by atoms with Crippen LogP contribution in [0.1, 0.15) is 23.7 Å². The van der Waals surface area contributed by atoms with Gasteiger partial charge < -0.3 is 9.84 Å². The van der Waals surface area contributed by atoms with Crippen LogP contribution in [0.3, 0.4) is 0 Å². The molecule has 0 saturated carbocycles. The van der Waals surface area contributed by atoms with Crippen molar-refractivity contribution in [2.75, 3.05) is 19.7 Å². The van der Waals surface area contributed by atoms with Gasteiger partial charge in [-0.25, -0.2) is 17.6 Å². The van der Waals surface area contributed by atoms with Crippen molar-refractivity contribution in [1.82, 2.24) is 4.31 Å². The summed E-state index contributed by atoms with van der Waals surface area (Å²) in [5.41, 5.74) is -0.228. The van der Waals surface area contributed by atoms with E-state index in [1.165, 1.54) is 12.1 Å². The van der Waals surface area contributed by atoms with Gasteiger partial charge in [0.2, 0.25) is 10.0 Å². The molecule has 1 saturated heterocycles. The van der Waals surface area contributed by atoms with E-state index in [-0.39, 0.29) is 42.3 Å². The second-order valence-electron chi connectivity index (χ2n) is 4.65. The number of rotatable bonds is 5. The highest BCUT2D eigenvalue weighted by Gasteiger charge is 2.33. The zero-order valence-electron chi connectivity index (χ0n) is 11.5. The zero-order chi connectivity index (χ0) is 15.6. The van der Waals surface area contributed by atoms with E-state index in [4.69, 9.17) is 9.84 Å². The number of nitrogens with zero attached hydrogens (tertiary/aromatic N) is 1. The molecule has 1 aromatic rings. The maximum atomic E-state index is 13.2. The number of ether oxygens (including phenoxy) is 1. The van der Waals surface area contributed by atoms with Crippen molar-refractivity contribution < 1.29 is 27.4 Å². The number of sulfonamides is 1. The summed E-state index contributed by atoms with van der Waals surface area (Å²) < 4.78 is 44.1. The Morgan fingerprint density at radius 1 is 1.52 bits per heavy atom. The van der Waals surface area contributed by atoms with Gasteiger partial charge in [0.25, 0.3) is 0 Å². The molecule has 0 spiro atoms. The van der Waals surface area contributed by atoms with Crippen molar-refractivity contribution in [2.24, 2.45) is 0 Å². The van der Waals surface area contributed by atoms with Crippen LogP contribution in [-0.2, 0) is 10.0 Å². The van der Waals surface area contributed by atoms with Crippen molar-refractivity contribution in [3.05, 3.63) is 23.8 Å². The molecule has 1 heterocycles. The second kappa shape index (κ2) is 5.98. The molecule has 1 aliphatic heterocycles. The average molecular weight is 317 g/mol. The van der Waals surface area contributed by atoms with Gasteiger partial charge in [-0.05, 0) is 31.5 Å². The Morgan fingerprint density at radius 2 is 2.24 bits per heavy atom. The number of alkyl halides is 1. The standard InChI is InChI=1S/C13H16FNO5S/c1-2-20-12-4-3-10(7-11(12)13(16)17)21(18,19)15-6-5-9(14)8-15/h3-4,7,9H,2,5-6,8H2,1H3,(H,16,17)/t9-/m1/s1. The van der Waals surface area contributed by atoms with Gasteiger partial charge in [0.05, 0.1) is 11.5 Å². The first-order valence-electron chi connectivity index (χ1n) is 6.50. The van der Waals surface area contributed by atoms with Gasteiger partial charge in [-0.2, -0.15) is 4.31 Å². The van der Waals surface area contributed by atoms with Crippen LogP contribution in [-0.4, -0.2) is 49.7 Å². The molecule has 1 aromatic carbocycles. The molecule has 1 N–H and O–H groups in total. The lowest BCUT2D eigenvalue weighted by molar-refractivity contribution is 0.0692. The minimum Gasteiger partial charge on any atom is -0.493 e. The topological polar surface area (TPSA) is 83.9 Å². The Labute approximate surface area is 122 Å². The summed E-state index contributed by atoms with van der Waals surface area (Å²) in [5.74, 6) is -1.17. The van der Waals surface area contributed by atoms with Gasteiger partial charge in [-0.15, -0.1) is 0 Å². The molecule has 2 rings (SSSR count). The third-order valence-electron chi connectivity index (χ3n) is 3.21. The van der Waals surface area contributed by atoms with Gasteiger partial charge in [0, 0.05) is 13.1 Å². The monoisotopic (exact) mass is 317 g/mol. The van der Waals surface area contributed by atoms with Gasteiger partial charge >= 0.3 is 5.97 Å². The van der Waals surface area contributed by atoms with Crippen LogP contribution in [0, 0.1) is 0 Å². The van der Waals surface area contributed by atoms with Gasteiger partial charge in [0.1, 0.15) is 17.5 Å². The third kappa shape index (κ3) is 3.16. The number of carboxylic acids is 1. The van der Waals surface area contributed by atoms with Gasteiger partial charge in [-0.3, -0.25) is 0 Å². The van der Waals surface area contributed by atoms with Gasteiger partial charge in [-0.1, -0.05) is 0 Å². The van der Waals surface area contributed by atoms with E-state index in [1.807, 2.05) is 0 Å². The Kier molecular flexibility index (Phi) is 4.48. The molecule has 0 radical (unpaired) electrons. The molecule has 0 unspecified atom stereocenters. The van der Waals surface area contributed by atoms with Crippen LogP contribution in [0.15, 0.2) is 23.1 Å². The number of aromatic carboxylic acids is 1. The SMILES string of the molecule is CCOc1ccc(S(=O)(=O)N2CC[C@@H](F)C2)cc1C(=O)O. The van der Waals surface area contributed by atoms with Crippen molar-refractivity contribution in [2.45, 2.75) is 24.4 Å². The molecule has 21 heavy (non-hydrogen) atoms. The molecular formula is C13H16FNO5S. The Morgan fingerprint density at radius 3 is 2.76 bits per heavy atom. The highest BCUT2D eigenvalue weighted by atomic mass is 32.2. The number of carboxylic acid groups (broad SMARTS) is 1. The fourth-order valence-electron chi connectivity index (χ4n) is 2.17. The molecule has 0 aliphatic carbocycles. The third-order valence-corrected chi connectivity index (χ3v) is 5.07. The summed E-state index contributed by atoms with van der Waals surface area (Å²) in [4.78, 5) is 11.0. The van der Waals surface area contributed by atoms with E-state index in [1.54, 1.807) is 6.92 Å². The number of hydrogen-bond acceptors (Lipinski definition) is 4. The first-order valence-corrected chi connectivity index (χ1v) is 7.94. The van der Waals surface area contributed by atoms with E-state index < -0.39 is 22.2 Å². The Bertz CT molecular complexity index is 646. The average Bonchev–Trinajstić information content (AvgIpc) is 2.86. The summed E-state index contributed by atoms with van der Waals surface area (Å²) >= 11 is 0. The maximum Gasteiger partial charge on any atom is 0.339 e. The normalized spacial score (nSPS) is 19.6. The summed E-state index contributed by atoms with van der Waals surface area (Å²) in [6, 6.07) is 3.63. The van der Waals surface area contributed by atoms with Crippen molar-refractivity contribution in [3.8, 4) is 5.75 Å². The fraction of sp³-hybridized carbons (Fsp3) is 0.462. The summed E-state index contributed by atoms with van der Waals surface area (Å²) in [7, 11) is -3.88. The summed E-state index contributed by atoms with van der Waals surface area (Å²) in [6.45, 7) is 1.86. The number of carbonyl (C=O) groups is 1. The quantitative estimate of drug-likeness (QED) is 0.890.